The maximum Gasteiger partial charge on any atom is 0.407 e. The molecule has 3 aromatic rings. The van der Waals surface area contributed by atoms with Crippen molar-refractivity contribution in [2.24, 2.45) is 0 Å². The zero-order chi connectivity index (χ0) is 25.8. The fraction of sp³-hybridized carbons (Fsp3) is 0.276. The molecule has 1 unspecified atom stereocenters. The number of aliphatic hydroxyl groups excluding tert-OH is 1. The first-order valence-electron chi connectivity index (χ1n) is 11.9. The van der Waals surface area contributed by atoms with Crippen molar-refractivity contribution in [3.05, 3.63) is 108 Å². The number of alkyl carbamates (subject to hydrolysis) is 1. The van der Waals surface area contributed by atoms with Gasteiger partial charge in [0.05, 0.1) is 18.6 Å². The minimum Gasteiger partial charge on any atom is -0.445 e. The highest BCUT2D eigenvalue weighted by Crippen LogP contribution is 2.13. The lowest BCUT2D eigenvalue weighted by Gasteiger charge is -2.30. The Kier molecular flexibility index (Phi) is 10.2. The van der Waals surface area contributed by atoms with Crippen LogP contribution < -0.4 is 5.32 Å². The van der Waals surface area contributed by atoms with Gasteiger partial charge in [-0.2, -0.15) is 0 Å². The summed E-state index contributed by atoms with van der Waals surface area (Å²) in [6.45, 7) is 1.63. The second kappa shape index (κ2) is 13.8. The molecule has 0 aliphatic rings. The van der Waals surface area contributed by atoms with Crippen LogP contribution in [0.5, 0.6) is 0 Å². The smallest absolute Gasteiger partial charge is 0.407 e. The Bertz CT molecular complexity index is 1110. The molecule has 2 amide bonds. The van der Waals surface area contributed by atoms with E-state index in [1.165, 1.54) is 11.8 Å². The summed E-state index contributed by atoms with van der Waals surface area (Å²) in [7, 11) is 0. The fourth-order valence-corrected chi connectivity index (χ4v) is 3.80. The van der Waals surface area contributed by atoms with Gasteiger partial charge in [0.1, 0.15) is 12.4 Å². The van der Waals surface area contributed by atoms with Crippen molar-refractivity contribution in [2.75, 3.05) is 6.54 Å². The van der Waals surface area contributed by atoms with Crippen LogP contribution in [0.4, 0.5) is 4.79 Å². The minimum atomic E-state index is -1.10. The van der Waals surface area contributed by atoms with E-state index in [-0.39, 0.29) is 37.8 Å². The van der Waals surface area contributed by atoms with Crippen LogP contribution in [0.25, 0.3) is 0 Å². The van der Waals surface area contributed by atoms with Gasteiger partial charge in [-0.05, 0) is 30.0 Å². The van der Waals surface area contributed by atoms with Gasteiger partial charge in [0.2, 0.25) is 5.91 Å². The summed E-state index contributed by atoms with van der Waals surface area (Å²) in [5.41, 5.74) is 2.63. The van der Waals surface area contributed by atoms with E-state index in [9.17, 15) is 19.5 Å². The molecular formula is C29H32N2O5. The van der Waals surface area contributed by atoms with Crippen LogP contribution in [0.1, 0.15) is 30.0 Å². The number of amides is 2. The predicted molar refractivity (Wildman–Crippen MR) is 137 cm³/mol. The first kappa shape index (κ1) is 26.6. The predicted octanol–water partition coefficient (Wildman–Crippen LogP) is 3.89. The molecule has 3 aromatic carbocycles. The van der Waals surface area contributed by atoms with Crippen LogP contribution in [-0.4, -0.2) is 46.5 Å². The number of ketones is 1. The molecule has 2 N–H and O–H groups in total. The minimum absolute atomic E-state index is 0.0581. The fourth-order valence-electron chi connectivity index (χ4n) is 3.80. The van der Waals surface area contributed by atoms with Crippen molar-refractivity contribution < 1.29 is 24.2 Å². The van der Waals surface area contributed by atoms with Gasteiger partial charge >= 0.3 is 6.09 Å². The number of carbonyl (C=O) groups is 3. The van der Waals surface area contributed by atoms with E-state index in [4.69, 9.17) is 4.74 Å². The molecule has 0 aromatic heterocycles. The van der Waals surface area contributed by atoms with Crippen molar-refractivity contribution in [1.29, 1.82) is 0 Å². The van der Waals surface area contributed by atoms with E-state index in [0.29, 0.717) is 6.42 Å². The highest BCUT2D eigenvalue weighted by atomic mass is 16.5. The Morgan fingerprint density at radius 1 is 0.833 bits per heavy atom. The van der Waals surface area contributed by atoms with Gasteiger partial charge in [0.15, 0.2) is 0 Å². The van der Waals surface area contributed by atoms with Crippen LogP contribution >= 0.6 is 0 Å². The molecule has 0 heterocycles. The summed E-state index contributed by atoms with van der Waals surface area (Å²) in [5.74, 6) is -0.633. The number of nitrogens with zero attached hydrogens (tertiary/aromatic N) is 1. The van der Waals surface area contributed by atoms with Crippen molar-refractivity contribution >= 4 is 17.8 Å². The molecule has 0 radical (unpaired) electrons. The number of aliphatic hydroxyl groups is 1. The maximum atomic E-state index is 12.8. The lowest BCUT2D eigenvalue weighted by Crippen LogP contribution is -2.50. The molecule has 0 fully saturated rings. The van der Waals surface area contributed by atoms with E-state index in [1.807, 2.05) is 91.0 Å². The molecule has 2 atom stereocenters. The van der Waals surface area contributed by atoms with Crippen LogP contribution in [0.2, 0.25) is 0 Å². The zero-order valence-corrected chi connectivity index (χ0v) is 20.4. The standard InChI is InChI=1S/C29H32N2O5/c1-22(32)17-28(34)31(19-24-13-7-3-8-14-24)20-27(33)26(18-23-11-5-2-6-12-23)30-29(35)36-21-25-15-9-4-10-16-25/h2-16,26-27,33H,17-21H2,1H3,(H,30,35)/t26?,27-/m1/s1. The second-order valence-corrected chi connectivity index (χ2v) is 8.71. The van der Waals surface area contributed by atoms with Gasteiger partial charge in [-0.25, -0.2) is 4.79 Å². The van der Waals surface area contributed by atoms with Crippen LogP contribution in [-0.2, 0) is 33.9 Å². The summed E-state index contributed by atoms with van der Waals surface area (Å²) in [4.78, 5) is 38.5. The van der Waals surface area contributed by atoms with Crippen LogP contribution in [0.3, 0.4) is 0 Å². The summed E-state index contributed by atoms with van der Waals surface area (Å²) < 4.78 is 5.36. The number of nitrogens with one attached hydrogen (secondary N) is 1. The SMILES string of the molecule is CC(=O)CC(=O)N(Cc1ccccc1)C[C@@H](O)C(Cc1ccccc1)NC(=O)OCc1ccccc1. The van der Waals surface area contributed by atoms with E-state index in [1.54, 1.807) is 0 Å². The summed E-state index contributed by atoms with van der Waals surface area (Å²) in [5, 5.41) is 14.0. The summed E-state index contributed by atoms with van der Waals surface area (Å²) in [6, 6.07) is 27.4. The molecule has 0 aliphatic carbocycles. The number of Topliss-reactive ketones (excluding diaryl/α,β-unsaturated/α-hetero) is 1. The Labute approximate surface area is 211 Å². The van der Waals surface area contributed by atoms with Gasteiger partial charge in [0, 0.05) is 13.1 Å². The summed E-state index contributed by atoms with van der Waals surface area (Å²) in [6.07, 6.45) is -1.68. The number of carbonyl (C=O) groups excluding carboxylic acids is 3. The van der Waals surface area contributed by atoms with E-state index in [0.717, 1.165) is 16.7 Å². The van der Waals surface area contributed by atoms with Gasteiger partial charge in [-0.3, -0.25) is 9.59 Å². The van der Waals surface area contributed by atoms with Gasteiger partial charge in [-0.1, -0.05) is 91.0 Å². The Morgan fingerprint density at radius 2 is 1.36 bits per heavy atom. The lowest BCUT2D eigenvalue weighted by molar-refractivity contribution is -0.136. The van der Waals surface area contributed by atoms with Crippen molar-refractivity contribution in [1.82, 2.24) is 10.2 Å². The molecule has 36 heavy (non-hydrogen) atoms. The maximum absolute atomic E-state index is 12.8. The van der Waals surface area contributed by atoms with Crippen molar-refractivity contribution in [3.8, 4) is 0 Å². The largest absolute Gasteiger partial charge is 0.445 e. The molecule has 7 nitrogen and oxygen atoms in total. The van der Waals surface area contributed by atoms with Gasteiger partial charge in [0.25, 0.3) is 0 Å². The Hall–Kier alpha value is -3.97. The quantitative estimate of drug-likeness (QED) is 0.377. The van der Waals surface area contributed by atoms with Gasteiger partial charge < -0.3 is 20.1 Å². The first-order chi connectivity index (χ1) is 17.4. The van der Waals surface area contributed by atoms with E-state index in [2.05, 4.69) is 5.32 Å². The molecule has 0 saturated heterocycles. The molecule has 0 saturated carbocycles. The summed E-state index contributed by atoms with van der Waals surface area (Å²) >= 11 is 0. The topological polar surface area (TPSA) is 95.9 Å². The van der Waals surface area contributed by atoms with E-state index < -0.39 is 18.2 Å². The molecule has 3 rings (SSSR count). The Morgan fingerprint density at radius 3 is 1.92 bits per heavy atom. The number of ether oxygens (including phenoxy) is 1. The monoisotopic (exact) mass is 488 g/mol. The molecular weight excluding hydrogens is 456 g/mol. The number of benzene rings is 3. The molecule has 0 aliphatic heterocycles. The van der Waals surface area contributed by atoms with Gasteiger partial charge in [-0.15, -0.1) is 0 Å². The van der Waals surface area contributed by atoms with E-state index >= 15 is 0 Å². The number of hydrogen-bond acceptors (Lipinski definition) is 5. The molecule has 0 bridgehead atoms. The average molecular weight is 489 g/mol. The van der Waals surface area contributed by atoms with Crippen LogP contribution in [0, 0.1) is 0 Å². The molecule has 0 spiro atoms. The molecule has 188 valence electrons. The lowest BCUT2D eigenvalue weighted by atomic mass is 10.0. The third-order valence-electron chi connectivity index (χ3n) is 5.66. The normalized spacial score (nSPS) is 12.3. The third-order valence-corrected chi connectivity index (χ3v) is 5.66. The second-order valence-electron chi connectivity index (χ2n) is 8.71. The third kappa shape index (κ3) is 9.00. The Balaban J connectivity index is 1.73. The van der Waals surface area contributed by atoms with Crippen molar-refractivity contribution in [3.63, 3.8) is 0 Å². The zero-order valence-electron chi connectivity index (χ0n) is 20.4. The number of rotatable bonds is 12. The average Bonchev–Trinajstić information content (AvgIpc) is 2.88. The highest BCUT2D eigenvalue weighted by Gasteiger charge is 2.27. The van der Waals surface area contributed by atoms with Crippen molar-refractivity contribution in [2.45, 2.75) is 45.1 Å². The van der Waals surface area contributed by atoms with Crippen LogP contribution in [0.15, 0.2) is 91.0 Å². The first-order valence-corrected chi connectivity index (χ1v) is 11.9. The molecule has 7 heteroatoms. The highest BCUT2D eigenvalue weighted by molar-refractivity contribution is 5.96. The number of hydrogen-bond donors (Lipinski definition) is 2.